The highest BCUT2D eigenvalue weighted by Gasteiger charge is 2.07. The maximum atomic E-state index is 11.1. The summed E-state index contributed by atoms with van der Waals surface area (Å²) in [6.07, 6.45) is 1.37. The highest BCUT2D eigenvalue weighted by molar-refractivity contribution is 5.97. The van der Waals surface area contributed by atoms with Crippen LogP contribution in [0.25, 0.3) is 0 Å². The fraction of sp³-hybridized carbons (Fsp3) is 0.125. The first-order chi connectivity index (χ1) is 6.15. The molecule has 0 spiro atoms. The standard InChI is InChI=1S/C8H9N3O2/c1-10-8(13)5-2-3-11-6(4-5)7(9)12/h2-4H,1H3,(H2,9,12)(H,10,13). The van der Waals surface area contributed by atoms with E-state index in [9.17, 15) is 9.59 Å². The monoisotopic (exact) mass is 179 g/mol. The normalized spacial score (nSPS) is 9.31. The van der Waals surface area contributed by atoms with E-state index < -0.39 is 5.91 Å². The van der Waals surface area contributed by atoms with E-state index in [0.29, 0.717) is 5.56 Å². The molecule has 13 heavy (non-hydrogen) atoms. The van der Waals surface area contributed by atoms with E-state index in [1.807, 2.05) is 0 Å². The fourth-order valence-electron chi connectivity index (χ4n) is 0.851. The first-order valence-electron chi connectivity index (χ1n) is 3.63. The third-order valence-corrected chi connectivity index (χ3v) is 1.50. The van der Waals surface area contributed by atoms with Gasteiger partial charge in [-0.25, -0.2) is 0 Å². The number of rotatable bonds is 2. The molecule has 68 valence electrons. The van der Waals surface area contributed by atoms with Gasteiger partial charge in [0.2, 0.25) is 0 Å². The molecular formula is C8H9N3O2. The van der Waals surface area contributed by atoms with Crippen molar-refractivity contribution < 1.29 is 9.59 Å². The number of carbonyl (C=O) groups excluding carboxylic acids is 2. The summed E-state index contributed by atoms with van der Waals surface area (Å²) in [5, 5.41) is 2.43. The van der Waals surface area contributed by atoms with Gasteiger partial charge in [0.05, 0.1) is 0 Å². The number of carbonyl (C=O) groups is 2. The van der Waals surface area contributed by atoms with Crippen LogP contribution in [-0.2, 0) is 0 Å². The van der Waals surface area contributed by atoms with Crippen molar-refractivity contribution in [2.24, 2.45) is 5.73 Å². The lowest BCUT2D eigenvalue weighted by molar-refractivity contribution is 0.0963. The molecular weight excluding hydrogens is 170 g/mol. The van der Waals surface area contributed by atoms with Gasteiger partial charge in [-0.2, -0.15) is 0 Å². The SMILES string of the molecule is CNC(=O)c1ccnc(C(N)=O)c1. The highest BCUT2D eigenvalue weighted by Crippen LogP contribution is 2.00. The summed E-state index contributed by atoms with van der Waals surface area (Å²) in [4.78, 5) is 25.5. The minimum Gasteiger partial charge on any atom is -0.364 e. The molecule has 3 N–H and O–H groups in total. The Morgan fingerprint density at radius 2 is 2.23 bits per heavy atom. The third-order valence-electron chi connectivity index (χ3n) is 1.50. The van der Waals surface area contributed by atoms with Crippen LogP contribution in [-0.4, -0.2) is 23.8 Å². The number of hydrogen-bond donors (Lipinski definition) is 2. The first kappa shape index (κ1) is 9.18. The molecule has 0 aromatic carbocycles. The molecule has 2 amide bonds. The Morgan fingerprint density at radius 1 is 1.54 bits per heavy atom. The number of amides is 2. The quantitative estimate of drug-likeness (QED) is 0.644. The van der Waals surface area contributed by atoms with Crippen LogP contribution in [0.2, 0.25) is 0 Å². The Hall–Kier alpha value is -1.91. The number of pyridine rings is 1. The van der Waals surface area contributed by atoms with Crippen molar-refractivity contribution in [3.8, 4) is 0 Å². The number of nitrogens with two attached hydrogens (primary N) is 1. The van der Waals surface area contributed by atoms with Gasteiger partial charge in [0.1, 0.15) is 5.69 Å². The molecule has 5 heteroatoms. The van der Waals surface area contributed by atoms with E-state index in [2.05, 4.69) is 10.3 Å². The van der Waals surface area contributed by atoms with E-state index in [-0.39, 0.29) is 11.6 Å². The molecule has 0 aliphatic rings. The third kappa shape index (κ3) is 2.02. The second-order valence-electron chi connectivity index (χ2n) is 2.37. The zero-order valence-electron chi connectivity index (χ0n) is 7.07. The molecule has 5 nitrogen and oxygen atoms in total. The van der Waals surface area contributed by atoms with Crippen LogP contribution < -0.4 is 11.1 Å². The molecule has 0 fully saturated rings. The van der Waals surface area contributed by atoms with Crippen LogP contribution in [0.1, 0.15) is 20.8 Å². The Morgan fingerprint density at radius 3 is 2.77 bits per heavy atom. The second-order valence-corrected chi connectivity index (χ2v) is 2.37. The van der Waals surface area contributed by atoms with Crippen molar-refractivity contribution in [1.29, 1.82) is 0 Å². The van der Waals surface area contributed by atoms with Gasteiger partial charge in [-0.1, -0.05) is 0 Å². The summed E-state index contributed by atoms with van der Waals surface area (Å²) < 4.78 is 0. The zero-order valence-corrected chi connectivity index (χ0v) is 7.07. The van der Waals surface area contributed by atoms with E-state index in [1.165, 1.54) is 25.4 Å². The van der Waals surface area contributed by atoms with Crippen molar-refractivity contribution >= 4 is 11.8 Å². The van der Waals surface area contributed by atoms with Gasteiger partial charge in [0.25, 0.3) is 11.8 Å². The molecule has 0 aliphatic heterocycles. The van der Waals surface area contributed by atoms with Gasteiger partial charge in [-0.05, 0) is 12.1 Å². The predicted molar refractivity (Wildman–Crippen MR) is 46.1 cm³/mol. The van der Waals surface area contributed by atoms with Gasteiger partial charge < -0.3 is 11.1 Å². The molecule has 0 bridgehead atoms. The summed E-state index contributed by atoms with van der Waals surface area (Å²) in [6, 6.07) is 2.85. The fourth-order valence-corrected chi connectivity index (χ4v) is 0.851. The van der Waals surface area contributed by atoms with Gasteiger partial charge >= 0.3 is 0 Å². The molecule has 0 saturated carbocycles. The molecule has 1 aromatic rings. The van der Waals surface area contributed by atoms with Crippen LogP contribution in [0.4, 0.5) is 0 Å². The van der Waals surface area contributed by atoms with Gasteiger partial charge in [0.15, 0.2) is 0 Å². The highest BCUT2D eigenvalue weighted by atomic mass is 16.2. The summed E-state index contributed by atoms with van der Waals surface area (Å²) in [5.41, 5.74) is 5.44. The van der Waals surface area contributed by atoms with Crippen LogP contribution in [0.3, 0.4) is 0 Å². The number of nitrogens with zero attached hydrogens (tertiary/aromatic N) is 1. The van der Waals surface area contributed by atoms with Crippen LogP contribution >= 0.6 is 0 Å². The average Bonchev–Trinajstić information content (AvgIpc) is 2.17. The van der Waals surface area contributed by atoms with Crippen molar-refractivity contribution in [2.45, 2.75) is 0 Å². The lowest BCUT2D eigenvalue weighted by Crippen LogP contribution is -2.20. The number of hydrogen-bond acceptors (Lipinski definition) is 3. The summed E-state index contributed by atoms with van der Waals surface area (Å²) in [7, 11) is 1.51. The molecule has 0 saturated heterocycles. The van der Waals surface area contributed by atoms with E-state index in [1.54, 1.807) is 0 Å². The molecule has 0 aliphatic carbocycles. The molecule has 0 radical (unpaired) electrons. The van der Waals surface area contributed by atoms with Crippen LogP contribution in [0.5, 0.6) is 0 Å². The van der Waals surface area contributed by atoms with E-state index in [4.69, 9.17) is 5.73 Å². The summed E-state index contributed by atoms with van der Waals surface area (Å²) in [5.74, 6) is -0.921. The first-order valence-corrected chi connectivity index (χ1v) is 3.63. The Labute approximate surface area is 75.0 Å². The van der Waals surface area contributed by atoms with Crippen molar-refractivity contribution in [1.82, 2.24) is 10.3 Å². The van der Waals surface area contributed by atoms with E-state index >= 15 is 0 Å². The maximum absolute atomic E-state index is 11.1. The summed E-state index contributed by atoms with van der Waals surface area (Å²) >= 11 is 0. The summed E-state index contributed by atoms with van der Waals surface area (Å²) in [6.45, 7) is 0. The Balaban J connectivity index is 3.05. The van der Waals surface area contributed by atoms with Crippen molar-refractivity contribution in [3.63, 3.8) is 0 Å². The van der Waals surface area contributed by atoms with Gasteiger partial charge in [-0.3, -0.25) is 14.6 Å². The van der Waals surface area contributed by atoms with Gasteiger partial charge in [0, 0.05) is 18.8 Å². The Bertz CT molecular complexity index is 349. The largest absolute Gasteiger partial charge is 0.364 e. The average molecular weight is 179 g/mol. The predicted octanol–water partition coefficient (Wildman–Crippen LogP) is -0.460. The van der Waals surface area contributed by atoms with Crippen LogP contribution in [0.15, 0.2) is 18.3 Å². The molecule has 1 aromatic heterocycles. The van der Waals surface area contributed by atoms with Crippen molar-refractivity contribution in [2.75, 3.05) is 7.05 Å². The maximum Gasteiger partial charge on any atom is 0.267 e. The number of primary amides is 1. The second kappa shape index (κ2) is 3.66. The van der Waals surface area contributed by atoms with Crippen LogP contribution in [0, 0.1) is 0 Å². The molecule has 1 rings (SSSR count). The molecule has 0 unspecified atom stereocenters. The molecule has 1 heterocycles. The van der Waals surface area contributed by atoms with E-state index in [0.717, 1.165) is 0 Å². The smallest absolute Gasteiger partial charge is 0.267 e. The van der Waals surface area contributed by atoms with Crippen molar-refractivity contribution in [3.05, 3.63) is 29.6 Å². The minimum absolute atomic E-state index is 0.0844. The lowest BCUT2D eigenvalue weighted by atomic mass is 10.2. The molecule has 0 atom stereocenters. The van der Waals surface area contributed by atoms with Gasteiger partial charge in [-0.15, -0.1) is 0 Å². The Kier molecular flexibility index (Phi) is 2.59. The number of nitrogens with one attached hydrogen (secondary N) is 1. The lowest BCUT2D eigenvalue weighted by Gasteiger charge is -1.99. The topological polar surface area (TPSA) is 85.1 Å². The number of aromatic nitrogens is 1. The minimum atomic E-state index is -0.647. The zero-order chi connectivity index (χ0) is 9.84.